The zero-order valence-electron chi connectivity index (χ0n) is 7.59. The molecule has 2 rings (SSSR count). The molecule has 0 atom stereocenters. The van der Waals surface area contributed by atoms with E-state index in [1.165, 1.54) is 18.2 Å². The van der Waals surface area contributed by atoms with Gasteiger partial charge in [0.1, 0.15) is 0 Å². The Morgan fingerprint density at radius 3 is 2.62 bits per heavy atom. The van der Waals surface area contributed by atoms with E-state index in [0.29, 0.717) is 5.75 Å². The largest absolute Gasteiger partial charge is 0.454 e. The third kappa shape index (κ3) is 2.00. The molecule has 0 N–H and O–H groups in total. The number of anilines is 1. The predicted octanol–water partition coefficient (Wildman–Crippen LogP) is 1.97. The molecular formula is C7H5F2NO4S2. The lowest BCUT2D eigenvalue weighted by atomic mass is 10.3. The molecule has 5 nitrogen and oxygen atoms in total. The standard InChI is InChI=1S/C7H5F2NO4S2/c8-15-10(16(9,11)12)5-1-2-6-7(3-5)14-4-13-6/h1-3H,4H2. The predicted molar refractivity (Wildman–Crippen MR) is 53.8 cm³/mol. The van der Waals surface area contributed by atoms with E-state index in [0.717, 1.165) is 0 Å². The molecule has 9 heteroatoms. The highest BCUT2D eigenvalue weighted by atomic mass is 32.3. The number of hydrogen-bond donors (Lipinski definition) is 0. The maximum Gasteiger partial charge on any atom is 0.411 e. The Bertz CT molecular complexity index is 507. The van der Waals surface area contributed by atoms with Gasteiger partial charge in [0.05, 0.1) is 5.69 Å². The average Bonchev–Trinajstić information content (AvgIpc) is 2.63. The SMILES string of the molecule is O=S(=O)(F)N(SF)c1ccc2c(c1)OCO2. The number of ether oxygens (including phenoxy) is 2. The van der Waals surface area contributed by atoms with Crippen LogP contribution in [0.25, 0.3) is 0 Å². The van der Waals surface area contributed by atoms with Gasteiger partial charge in [0, 0.05) is 6.07 Å². The molecule has 88 valence electrons. The summed E-state index contributed by atoms with van der Waals surface area (Å²) in [6, 6.07) is 3.75. The Kier molecular flexibility index (Phi) is 2.80. The molecule has 0 saturated heterocycles. The van der Waals surface area contributed by atoms with Crippen molar-refractivity contribution < 1.29 is 25.7 Å². The van der Waals surface area contributed by atoms with Crippen LogP contribution in [0, 0.1) is 0 Å². The first-order chi connectivity index (χ1) is 7.52. The van der Waals surface area contributed by atoms with E-state index in [-0.39, 0.29) is 21.9 Å². The molecule has 16 heavy (non-hydrogen) atoms. The molecule has 1 aromatic carbocycles. The van der Waals surface area contributed by atoms with Crippen LogP contribution in [0.5, 0.6) is 11.5 Å². The van der Waals surface area contributed by atoms with Gasteiger partial charge in [0.15, 0.2) is 23.8 Å². The van der Waals surface area contributed by atoms with Gasteiger partial charge in [0.2, 0.25) is 6.79 Å². The van der Waals surface area contributed by atoms with Crippen LogP contribution in [0.4, 0.5) is 13.5 Å². The first-order valence-electron chi connectivity index (χ1n) is 3.95. The fourth-order valence-electron chi connectivity index (χ4n) is 1.20. The van der Waals surface area contributed by atoms with Gasteiger partial charge < -0.3 is 9.47 Å². The van der Waals surface area contributed by atoms with Gasteiger partial charge in [-0.1, -0.05) is 3.89 Å². The number of rotatable bonds is 3. The molecule has 0 saturated carbocycles. The van der Waals surface area contributed by atoms with Crippen molar-refractivity contribution in [2.45, 2.75) is 0 Å². The summed E-state index contributed by atoms with van der Waals surface area (Å²) in [6.07, 6.45) is 0. The second kappa shape index (κ2) is 3.98. The first-order valence-corrected chi connectivity index (χ1v) is 5.97. The highest BCUT2D eigenvalue weighted by Gasteiger charge is 2.25. The van der Waals surface area contributed by atoms with Gasteiger partial charge in [-0.2, -0.15) is 12.1 Å². The van der Waals surface area contributed by atoms with Crippen LogP contribution in [0.2, 0.25) is 0 Å². The quantitative estimate of drug-likeness (QED) is 0.620. The summed E-state index contributed by atoms with van der Waals surface area (Å²) in [7, 11) is -5.16. The molecule has 1 heterocycles. The average molecular weight is 269 g/mol. The lowest BCUT2D eigenvalue weighted by molar-refractivity contribution is 0.174. The third-order valence-corrected chi connectivity index (χ3v) is 3.47. The number of halogens is 2. The highest BCUT2D eigenvalue weighted by Crippen LogP contribution is 2.38. The molecule has 0 amide bonds. The molecule has 0 aliphatic carbocycles. The van der Waals surface area contributed by atoms with Gasteiger partial charge >= 0.3 is 10.4 Å². The molecule has 0 fully saturated rings. The van der Waals surface area contributed by atoms with Crippen molar-refractivity contribution in [2.75, 3.05) is 10.5 Å². The van der Waals surface area contributed by atoms with Crippen LogP contribution in [-0.2, 0) is 10.4 Å². The van der Waals surface area contributed by atoms with Crippen LogP contribution in [0.3, 0.4) is 0 Å². The summed E-state index contributed by atoms with van der Waals surface area (Å²) in [5, 5.41) is 0. The highest BCUT2D eigenvalue weighted by molar-refractivity contribution is 8.10. The fraction of sp³-hybridized carbons (Fsp3) is 0.143. The summed E-state index contributed by atoms with van der Waals surface area (Å²) in [6.45, 7) is -0.00999. The topological polar surface area (TPSA) is 55.8 Å². The molecule has 0 aromatic heterocycles. The lowest BCUT2D eigenvalue weighted by Crippen LogP contribution is -2.17. The van der Waals surface area contributed by atoms with Crippen LogP contribution in [-0.4, -0.2) is 15.2 Å². The molecule has 1 aliphatic heterocycles. The summed E-state index contributed by atoms with van der Waals surface area (Å²) >= 11 is -0.751. The van der Waals surface area contributed by atoms with Gasteiger partial charge in [-0.3, -0.25) is 0 Å². The monoisotopic (exact) mass is 269 g/mol. The van der Waals surface area contributed by atoms with E-state index in [1.807, 2.05) is 0 Å². The van der Waals surface area contributed by atoms with Crippen LogP contribution < -0.4 is 13.2 Å². The van der Waals surface area contributed by atoms with E-state index in [4.69, 9.17) is 9.47 Å². The Labute approximate surface area is 94.7 Å². The van der Waals surface area contributed by atoms with Crippen LogP contribution in [0.1, 0.15) is 0 Å². The number of hydrogen-bond acceptors (Lipinski definition) is 5. The molecule has 0 unspecified atom stereocenters. The molecule has 1 aliphatic rings. The lowest BCUT2D eigenvalue weighted by Gasteiger charge is -2.12. The molecule has 0 radical (unpaired) electrons. The Balaban J connectivity index is 2.40. The molecule has 0 bridgehead atoms. The van der Waals surface area contributed by atoms with Crippen molar-refractivity contribution in [1.29, 1.82) is 0 Å². The summed E-state index contributed by atoms with van der Waals surface area (Å²) in [5.74, 6) is 0.629. The Morgan fingerprint density at radius 2 is 2.00 bits per heavy atom. The Morgan fingerprint density at radius 1 is 1.31 bits per heavy atom. The van der Waals surface area contributed by atoms with Crippen molar-refractivity contribution >= 4 is 28.4 Å². The van der Waals surface area contributed by atoms with E-state index in [9.17, 15) is 16.2 Å². The second-order valence-electron chi connectivity index (χ2n) is 2.78. The van der Waals surface area contributed by atoms with E-state index < -0.39 is 22.7 Å². The van der Waals surface area contributed by atoms with Gasteiger partial charge in [0.25, 0.3) is 0 Å². The normalized spacial score (nSPS) is 13.9. The van der Waals surface area contributed by atoms with Gasteiger partial charge in [-0.15, -0.1) is 3.89 Å². The van der Waals surface area contributed by atoms with E-state index in [2.05, 4.69) is 0 Å². The fourth-order valence-corrected chi connectivity index (χ4v) is 2.03. The van der Waals surface area contributed by atoms with Gasteiger partial charge in [-0.25, -0.2) is 0 Å². The smallest absolute Gasteiger partial charge is 0.411 e. The van der Waals surface area contributed by atoms with E-state index in [1.54, 1.807) is 0 Å². The Hall–Kier alpha value is -1.22. The minimum atomic E-state index is -5.16. The molecule has 0 spiro atoms. The zero-order valence-corrected chi connectivity index (χ0v) is 9.22. The van der Waals surface area contributed by atoms with Gasteiger partial charge in [-0.05, 0) is 12.1 Å². The van der Waals surface area contributed by atoms with Crippen molar-refractivity contribution in [1.82, 2.24) is 0 Å². The molecular weight excluding hydrogens is 264 g/mol. The summed E-state index contributed by atoms with van der Waals surface area (Å²) in [4.78, 5) is 0. The zero-order chi connectivity index (χ0) is 11.8. The second-order valence-corrected chi connectivity index (χ2v) is 4.70. The minimum Gasteiger partial charge on any atom is -0.454 e. The van der Waals surface area contributed by atoms with Crippen molar-refractivity contribution in [3.8, 4) is 11.5 Å². The van der Waals surface area contributed by atoms with Crippen molar-refractivity contribution in [2.24, 2.45) is 0 Å². The van der Waals surface area contributed by atoms with Crippen molar-refractivity contribution in [3.63, 3.8) is 0 Å². The van der Waals surface area contributed by atoms with Crippen molar-refractivity contribution in [3.05, 3.63) is 18.2 Å². The number of benzene rings is 1. The van der Waals surface area contributed by atoms with Crippen LogP contribution >= 0.6 is 12.3 Å². The summed E-state index contributed by atoms with van der Waals surface area (Å²) < 4.78 is 56.0. The number of nitrogens with zero attached hydrogens (tertiary/aromatic N) is 1. The summed E-state index contributed by atoms with van der Waals surface area (Å²) in [5.41, 5.74) is -0.195. The van der Waals surface area contributed by atoms with Crippen LogP contribution in [0.15, 0.2) is 18.2 Å². The number of fused-ring (bicyclic) bond motifs is 1. The minimum absolute atomic E-state index is 0.00999. The van der Waals surface area contributed by atoms with E-state index >= 15 is 0 Å². The maximum atomic E-state index is 12.7. The third-order valence-electron chi connectivity index (χ3n) is 1.83. The molecule has 1 aromatic rings. The first kappa shape index (κ1) is 11.3. The maximum absolute atomic E-state index is 12.7.